The summed E-state index contributed by atoms with van der Waals surface area (Å²) in [6.07, 6.45) is 6.43. The summed E-state index contributed by atoms with van der Waals surface area (Å²) >= 11 is 1.59. The van der Waals surface area contributed by atoms with Crippen molar-refractivity contribution in [3.63, 3.8) is 0 Å². The van der Waals surface area contributed by atoms with Gasteiger partial charge in [-0.25, -0.2) is 8.42 Å². The van der Waals surface area contributed by atoms with Crippen LogP contribution in [0.5, 0.6) is 0 Å². The SMILES string of the molecule is O=C(C1=CN2CCS(=O)(=O)N=C2C=C1)N(Cc1ccco1)Cc1cccs1. The lowest BCUT2D eigenvalue weighted by Gasteiger charge is -2.29. The molecule has 1 amide bonds. The van der Waals surface area contributed by atoms with Crippen molar-refractivity contribution >= 4 is 33.1 Å². The third kappa shape index (κ3) is 4.04. The first kappa shape index (κ1) is 17.7. The number of furan rings is 1. The van der Waals surface area contributed by atoms with E-state index in [-0.39, 0.29) is 18.2 Å². The van der Waals surface area contributed by atoms with Gasteiger partial charge in [0.05, 0.1) is 30.7 Å². The third-order valence-electron chi connectivity index (χ3n) is 4.21. The molecule has 2 aromatic heterocycles. The number of sulfonamides is 1. The van der Waals surface area contributed by atoms with Gasteiger partial charge in [-0.3, -0.25) is 4.79 Å². The van der Waals surface area contributed by atoms with E-state index in [1.807, 2.05) is 23.6 Å². The maximum absolute atomic E-state index is 13.1. The fourth-order valence-electron chi connectivity index (χ4n) is 2.89. The summed E-state index contributed by atoms with van der Waals surface area (Å²) in [6, 6.07) is 7.56. The highest BCUT2D eigenvalue weighted by Gasteiger charge is 2.27. The monoisotopic (exact) mass is 403 g/mol. The Labute approximate surface area is 161 Å². The molecule has 140 valence electrons. The number of rotatable bonds is 5. The molecule has 2 aliphatic heterocycles. The number of carbonyl (C=O) groups is 1. The van der Waals surface area contributed by atoms with Crippen LogP contribution in [0.2, 0.25) is 0 Å². The Kier molecular flexibility index (Phi) is 4.71. The van der Waals surface area contributed by atoms with Crippen LogP contribution in [0.4, 0.5) is 0 Å². The topological polar surface area (TPSA) is 83.2 Å². The van der Waals surface area contributed by atoms with Crippen LogP contribution in [0.15, 0.2) is 68.6 Å². The van der Waals surface area contributed by atoms with Gasteiger partial charge in [-0.05, 0) is 35.7 Å². The Morgan fingerprint density at radius 1 is 1.26 bits per heavy atom. The van der Waals surface area contributed by atoms with Crippen molar-refractivity contribution < 1.29 is 17.6 Å². The van der Waals surface area contributed by atoms with E-state index >= 15 is 0 Å². The molecular formula is C18H17N3O4S2. The molecule has 0 aromatic carbocycles. The molecule has 4 rings (SSSR count). The van der Waals surface area contributed by atoms with E-state index in [4.69, 9.17) is 4.42 Å². The molecule has 0 saturated heterocycles. The van der Waals surface area contributed by atoms with Gasteiger partial charge in [0.15, 0.2) is 0 Å². The standard InChI is InChI=1S/C18H17N3O4S2/c22-18(14-5-6-17-19-27(23,24)10-7-20(17)11-14)21(12-15-3-1-8-25-15)13-16-4-2-9-26-16/h1-6,8-9,11H,7,10,12-13H2. The molecular weight excluding hydrogens is 386 g/mol. The molecule has 0 atom stereocenters. The van der Waals surface area contributed by atoms with Gasteiger partial charge in [0.2, 0.25) is 0 Å². The first-order valence-corrected chi connectivity index (χ1v) is 10.8. The lowest BCUT2D eigenvalue weighted by molar-refractivity contribution is -0.128. The summed E-state index contributed by atoms with van der Waals surface area (Å²) in [5, 5.41) is 1.97. The second-order valence-electron chi connectivity index (χ2n) is 6.17. The van der Waals surface area contributed by atoms with Crippen LogP contribution in [0.3, 0.4) is 0 Å². The number of thiophene rings is 1. The zero-order valence-corrected chi connectivity index (χ0v) is 15.9. The Morgan fingerprint density at radius 3 is 2.89 bits per heavy atom. The van der Waals surface area contributed by atoms with Crippen molar-refractivity contribution in [3.8, 4) is 0 Å². The van der Waals surface area contributed by atoms with Gasteiger partial charge in [-0.2, -0.15) is 0 Å². The molecule has 0 fully saturated rings. The predicted molar refractivity (Wildman–Crippen MR) is 102 cm³/mol. The lowest BCUT2D eigenvalue weighted by atomic mass is 10.1. The Hall–Kier alpha value is -2.65. The average Bonchev–Trinajstić information content (AvgIpc) is 3.33. The van der Waals surface area contributed by atoms with Crippen LogP contribution in [0.25, 0.3) is 0 Å². The largest absolute Gasteiger partial charge is 0.467 e. The van der Waals surface area contributed by atoms with Gasteiger partial charge in [-0.1, -0.05) is 6.07 Å². The lowest BCUT2D eigenvalue weighted by Crippen LogP contribution is -2.38. The van der Waals surface area contributed by atoms with E-state index in [0.29, 0.717) is 30.3 Å². The summed E-state index contributed by atoms with van der Waals surface area (Å²) in [6.45, 7) is 1.10. The van der Waals surface area contributed by atoms with Crippen molar-refractivity contribution in [3.05, 3.63) is 70.5 Å². The fourth-order valence-corrected chi connectivity index (χ4v) is 4.58. The highest BCUT2D eigenvalue weighted by atomic mass is 32.2. The minimum atomic E-state index is -3.42. The number of hydrogen-bond donors (Lipinski definition) is 0. The fraction of sp³-hybridized carbons (Fsp3) is 0.222. The van der Waals surface area contributed by atoms with Crippen molar-refractivity contribution in [2.45, 2.75) is 13.1 Å². The molecule has 7 nitrogen and oxygen atoms in total. The van der Waals surface area contributed by atoms with Gasteiger partial charge in [0.1, 0.15) is 11.6 Å². The first-order chi connectivity index (χ1) is 13.0. The minimum absolute atomic E-state index is 0.0619. The number of fused-ring (bicyclic) bond motifs is 1. The van der Waals surface area contributed by atoms with Gasteiger partial charge >= 0.3 is 0 Å². The van der Waals surface area contributed by atoms with E-state index in [0.717, 1.165) is 4.88 Å². The maximum atomic E-state index is 13.1. The summed E-state index contributed by atoms with van der Waals surface area (Å²) in [5.41, 5.74) is 0.483. The minimum Gasteiger partial charge on any atom is -0.467 e. The average molecular weight is 403 g/mol. The molecule has 0 aliphatic carbocycles. The second-order valence-corrected chi connectivity index (χ2v) is 8.95. The van der Waals surface area contributed by atoms with E-state index in [1.165, 1.54) is 0 Å². The molecule has 4 heterocycles. The summed E-state index contributed by atoms with van der Waals surface area (Å²) in [5.74, 6) is 0.831. The zero-order valence-electron chi connectivity index (χ0n) is 14.3. The molecule has 0 spiro atoms. The Morgan fingerprint density at radius 2 is 2.15 bits per heavy atom. The van der Waals surface area contributed by atoms with Gasteiger partial charge in [-0.15, -0.1) is 15.7 Å². The van der Waals surface area contributed by atoms with Crippen LogP contribution < -0.4 is 0 Å². The third-order valence-corrected chi connectivity index (χ3v) is 6.24. The smallest absolute Gasteiger partial charge is 0.256 e. The molecule has 0 saturated carbocycles. The van der Waals surface area contributed by atoms with Crippen LogP contribution in [-0.2, 0) is 27.9 Å². The molecule has 0 unspecified atom stereocenters. The molecule has 9 heteroatoms. The molecule has 0 radical (unpaired) electrons. The van der Waals surface area contributed by atoms with Crippen molar-refractivity contribution in [1.82, 2.24) is 9.80 Å². The number of carbonyl (C=O) groups excluding carboxylic acids is 1. The van der Waals surface area contributed by atoms with Gasteiger partial charge < -0.3 is 14.2 Å². The molecule has 2 aliphatic rings. The number of amidine groups is 1. The van der Waals surface area contributed by atoms with Crippen molar-refractivity contribution in [2.24, 2.45) is 4.40 Å². The van der Waals surface area contributed by atoms with Crippen LogP contribution in [0.1, 0.15) is 10.6 Å². The Bertz CT molecular complexity index is 983. The highest BCUT2D eigenvalue weighted by molar-refractivity contribution is 7.90. The number of nitrogens with zero attached hydrogens (tertiary/aromatic N) is 3. The first-order valence-electron chi connectivity index (χ1n) is 8.33. The quantitative estimate of drug-likeness (QED) is 0.765. The summed E-state index contributed by atoms with van der Waals surface area (Å²) < 4.78 is 32.4. The van der Waals surface area contributed by atoms with E-state index in [1.54, 1.807) is 51.8 Å². The van der Waals surface area contributed by atoms with E-state index < -0.39 is 10.0 Å². The molecule has 0 N–H and O–H groups in total. The highest BCUT2D eigenvalue weighted by Crippen LogP contribution is 2.21. The normalized spacial score (nSPS) is 17.9. The second kappa shape index (κ2) is 7.16. The number of amides is 1. The molecule has 2 aromatic rings. The summed E-state index contributed by atoms with van der Waals surface area (Å²) in [7, 11) is -3.42. The maximum Gasteiger partial charge on any atom is 0.256 e. The summed E-state index contributed by atoms with van der Waals surface area (Å²) in [4.78, 5) is 17.6. The van der Waals surface area contributed by atoms with Crippen molar-refractivity contribution in [2.75, 3.05) is 12.3 Å². The molecule has 0 bridgehead atoms. The number of hydrogen-bond acceptors (Lipinski definition) is 6. The zero-order chi connectivity index (χ0) is 18.9. The van der Waals surface area contributed by atoms with Crippen LogP contribution >= 0.6 is 11.3 Å². The van der Waals surface area contributed by atoms with Crippen LogP contribution in [0, 0.1) is 0 Å². The van der Waals surface area contributed by atoms with Gasteiger partial charge in [0, 0.05) is 17.6 Å². The van der Waals surface area contributed by atoms with Gasteiger partial charge in [0.25, 0.3) is 15.9 Å². The van der Waals surface area contributed by atoms with E-state index in [9.17, 15) is 13.2 Å². The Balaban J connectivity index is 1.58. The van der Waals surface area contributed by atoms with E-state index in [2.05, 4.69) is 4.40 Å². The van der Waals surface area contributed by atoms with Crippen molar-refractivity contribution in [1.29, 1.82) is 0 Å². The predicted octanol–water partition coefficient (Wildman–Crippen LogP) is 2.37. The molecule has 27 heavy (non-hydrogen) atoms. The van der Waals surface area contributed by atoms with Crippen LogP contribution in [-0.4, -0.2) is 42.3 Å².